The van der Waals surface area contributed by atoms with Gasteiger partial charge in [-0.25, -0.2) is 4.39 Å². The minimum atomic E-state index is -0.457. The zero-order valence-electron chi connectivity index (χ0n) is 16.8. The average molecular weight is 411 g/mol. The molecule has 1 saturated heterocycles. The third-order valence-corrected chi connectivity index (χ3v) is 5.16. The molecule has 3 amide bonds. The molecule has 1 aliphatic heterocycles. The highest BCUT2D eigenvalue weighted by Gasteiger charge is 2.33. The monoisotopic (exact) mass is 411 g/mol. The molecule has 0 radical (unpaired) electrons. The zero-order valence-corrected chi connectivity index (χ0v) is 16.8. The van der Waals surface area contributed by atoms with E-state index in [2.05, 4.69) is 10.6 Å². The van der Waals surface area contributed by atoms with Gasteiger partial charge in [0.15, 0.2) is 0 Å². The van der Waals surface area contributed by atoms with Crippen molar-refractivity contribution in [1.82, 2.24) is 15.5 Å². The molecule has 30 heavy (non-hydrogen) atoms. The normalized spacial score (nSPS) is 15.6. The molecule has 1 atom stereocenters. The van der Waals surface area contributed by atoms with Crippen LogP contribution in [0.25, 0.3) is 0 Å². The van der Waals surface area contributed by atoms with Crippen molar-refractivity contribution in [3.63, 3.8) is 0 Å². The smallest absolute Gasteiger partial charge is 0.251 e. The fourth-order valence-corrected chi connectivity index (χ4v) is 3.56. The molecular formula is C23H26FN3O3. The summed E-state index contributed by atoms with van der Waals surface area (Å²) in [6.07, 6.45) is 2.47. The lowest BCUT2D eigenvalue weighted by Crippen LogP contribution is -2.47. The van der Waals surface area contributed by atoms with Crippen LogP contribution in [0.15, 0.2) is 54.6 Å². The van der Waals surface area contributed by atoms with Crippen molar-refractivity contribution in [2.75, 3.05) is 19.6 Å². The van der Waals surface area contributed by atoms with E-state index < -0.39 is 11.9 Å². The van der Waals surface area contributed by atoms with Crippen LogP contribution in [0, 0.1) is 5.82 Å². The molecule has 0 aliphatic carbocycles. The van der Waals surface area contributed by atoms with Gasteiger partial charge in [-0.2, -0.15) is 0 Å². The number of carbonyl (C=O) groups is 3. The Morgan fingerprint density at radius 3 is 2.40 bits per heavy atom. The molecule has 0 aromatic heterocycles. The summed E-state index contributed by atoms with van der Waals surface area (Å²) < 4.78 is 12.9. The molecule has 0 saturated carbocycles. The first-order valence-electron chi connectivity index (χ1n) is 10.2. The number of rotatable bonds is 8. The maximum Gasteiger partial charge on any atom is 0.251 e. The quantitative estimate of drug-likeness (QED) is 0.655. The molecule has 0 bridgehead atoms. The number of carbonyl (C=O) groups excluding carboxylic acids is 3. The van der Waals surface area contributed by atoms with Gasteiger partial charge in [-0.05, 0) is 49.1 Å². The lowest BCUT2D eigenvalue weighted by Gasteiger charge is -2.24. The summed E-state index contributed by atoms with van der Waals surface area (Å²) in [6, 6.07) is 14.6. The maximum atomic E-state index is 12.9. The van der Waals surface area contributed by atoms with Crippen LogP contribution in [0.1, 0.15) is 35.2 Å². The predicted molar refractivity (Wildman–Crippen MR) is 111 cm³/mol. The molecule has 6 nitrogen and oxygen atoms in total. The van der Waals surface area contributed by atoms with Crippen LogP contribution in [0.4, 0.5) is 4.39 Å². The summed E-state index contributed by atoms with van der Waals surface area (Å²) in [6.45, 7) is 1.10. The second-order valence-electron chi connectivity index (χ2n) is 7.28. The highest BCUT2D eigenvalue weighted by molar-refractivity contribution is 5.94. The minimum absolute atomic E-state index is 0.0129. The van der Waals surface area contributed by atoms with Crippen molar-refractivity contribution < 1.29 is 18.8 Å². The Labute approximate surface area is 175 Å². The van der Waals surface area contributed by atoms with E-state index in [4.69, 9.17) is 0 Å². The van der Waals surface area contributed by atoms with Gasteiger partial charge in [0.05, 0.1) is 0 Å². The van der Waals surface area contributed by atoms with Crippen LogP contribution in [0.5, 0.6) is 0 Å². The molecule has 2 aromatic rings. The highest BCUT2D eigenvalue weighted by Crippen LogP contribution is 2.19. The standard InChI is InChI=1S/C23H26FN3O3/c24-19-11-9-18(10-12-19)22(29)25-14-15-26-23(30)20-7-4-16-27(20)21(28)13-8-17-5-2-1-3-6-17/h1-3,5-6,9-12,20H,4,7-8,13-16H2,(H,25,29)(H,26,30)/t20-/m1/s1. The lowest BCUT2D eigenvalue weighted by molar-refractivity contribution is -0.138. The molecule has 1 aliphatic rings. The summed E-state index contributed by atoms with van der Waals surface area (Å²) in [4.78, 5) is 38.8. The third-order valence-electron chi connectivity index (χ3n) is 5.16. The molecule has 2 N–H and O–H groups in total. The van der Waals surface area contributed by atoms with Crippen molar-refractivity contribution >= 4 is 17.7 Å². The maximum absolute atomic E-state index is 12.9. The Bertz CT molecular complexity index is 871. The molecular weight excluding hydrogens is 385 g/mol. The fraction of sp³-hybridized carbons (Fsp3) is 0.348. The van der Waals surface area contributed by atoms with Crippen LogP contribution in [0.3, 0.4) is 0 Å². The van der Waals surface area contributed by atoms with Crippen LogP contribution < -0.4 is 10.6 Å². The van der Waals surface area contributed by atoms with E-state index in [-0.39, 0.29) is 30.8 Å². The molecule has 0 spiro atoms. The van der Waals surface area contributed by atoms with Gasteiger partial charge >= 0.3 is 0 Å². The number of amides is 3. The van der Waals surface area contributed by atoms with Gasteiger partial charge < -0.3 is 15.5 Å². The summed E-state index contributed by atoms with van der Waals surface area (Å²) in [7, 11) is 0. The molecule has 7 heteroatoms. The second kappa shape index (κ2) is 10.5. The largest absolute Gasteiger partial charge is 0.353 e. The Balaban J connectivity index is 1.41. The average Bonchev–Trinajstić information content (AvgIpc) is 3.26. The van der Waals surface area contributed by atoms with Gasteiger partial charge in [0.1, 0.15) is 11.9 Å². The van der Waals surface area contributed by atoms with Crippen molar-refractivity contribution in [2.45, 2.75) is 31.7 Å². The van der Waals surface area contributed by atoms with Crippen molar-refractivity contribution in [3.05, 3.63) is 71.5 Å². The van der Waals surface area contributed by atoms with E-state index in [1.165, 1.54) is 24.3 Å². The van der Waals surface area contributed by atoms with Crippen LogP contribution in [-0.2, 0) is 16.0 Å². The Hall–Kier alpha value is -3.22. The van der Waals surface area contributed by atoms with E-state index in [0.717, 1.165) is 12.0 Å². The first kappa shape index (κ1) is 21.5. The number of nitrogens with one attached hydrogen (secondary N) is 2. The molecule has 3 rings (SSSR count). The summed E-state index contributed by atoms with van der Waals surface area (Å²) in [5.41, 5.74) is 1.46. The van der Waals surface area contributed by atoms with Crippen molar-refractivity contribution in [1.29, 1.82) is 0 Å². The van der Waals surface area contributed by atoms with E-state index >= 15 is 0 Å². The topological polar surface area (TPSA) is 78.5 Å². The fourth-order valence-electron chi connectivity index (χ4n) is 3.56. The van der Waals surface area contributed by atoms with Gasteiger partial charge in [-0.1, -0.05) is 30.3 Å². The number of nitrogens with zero attached hydrogens (tertiary/aromatic N) is 1. The molecule has 0 unspecified atom stereocenters. The van der Waals surface area contributed by atoms with E-state index in [0.29, 0.717) is 31.4 Å². The van der Waals surface area contributed by atoms with Gasteiger partial charge in [-0.15, -0.1) is 0 Å². The van der Waals surface area contributed by atoms with E-state index in [9.17, 15) is 18.8 Å². The number of likely N-dealkylation sites (tertiary alicyclic amines) is 1. The highest BCUT2D eigenvalue weighted by atomic mass is 19.1. The number of benzene rings is 2. The van der Waals surface area contributed by atoms with Gasteiger partial charge in [0, 0.05) is 31.6 Å². The SMILES string of the molecule is O=C(NCCNC(=O)[C@H]1CCCN1C(=O)CCc1ccccc1)c1ccc(F)cc1. The minimum Gasteiger partial charge on any atom is -0.353 e. The van der Waals surface area contributed by atoms with Gasteiger partial charge in [0.2, 0.25) is 11.8 Å². The summed E-state index contributed by atoms with van der Waals surface area (Å²) in [5, 5.41) is 5.47. The van der Waals surface area contributed by atoms with E-state index in [1.807, 2.05) is 30.3 Å². The van der Waals surface area contributed by atoms with Gasteiger partial charge in [0.25, 0.3) is 5.91 Å². The molecule has 2 aromatic carbocycles. The first-order valence-corrected chi connectivity index (χ1v) is 10.2. The van der Waals surface area contributed by atoms with Crippen molar-refractivity contribution in [2.24, 2.45) is 0 Å². The first-order chi connectivity index (χ1) is 14.5. The summed E-state index contributed by atoms with van der Waals surface area (Å²) >= 11 is 0. The van der Waals surface area contributed by atoms with E-state index in [1.54, 1.807) is 4.90 Å². The Morgan fingerprint density at radius 2 is 1.67 bits per heavy atom. The molecule has 1 fully saturated rings. The Morgan fingerprint density at radius 1 is 0.967 bits per heavy atom. The number of hydrogen-bond acceptors (Lipinski definition) is 3. The molecule has 1 heterocycles. The van der Waals surface area contributed by atoms with Crippen LogP contribution >= 0.6 is 0 Å². The number of halogens is 1. The van der Waals surface area contributed by atoms with Crippen molar-refractivity contribution in [3.8, 4) is 0 Å². The number of hydrogen-bond donors (Lipinski definition) is 2. The second-order valence-corrected chi connectivity index (χ2v) is 7.28. The van der Waals surface area contributed by atoms with Crippen LogP contribution in [0.2, 0.25) is 0 Å². The molecule has 158 valence electrons. The van der Waals surface area contributed by atoms with Gasteiger partial charge in [-0.3, -0.25) is 14.4 Å². The lowest BCUT2D eigenvalue weighted by atomic mass is 10.1. The zero-order chi connectivity index (χ0) is 21.3. The predicted octanol–water partition coefficient (Wildman–Crippen LogP) is 2.30. The Kier molecular flexibility index (Phi) is 7.54. The summed E-state index contributed by atoms with van der Waals surface area (Å²) in [5.74, 6) is -0.946. The van der Waals surface area contributed by atoms with Crippen LogP contribution in [-0.4, -0.2) is 48.3 Å². The third kappa shape index (κ3) is 5.89. The number of aryl methyl sites for hydroxylation is 1.